The van der Waals surface area contributed by atoms with Crippen LogP contribution in [0.5, 0.6) is 0 Å². The van der Waals surface area contributed by atoms with Crippen molar-refractivity contribution in [2.45, 2.75) is 19.9 Å². The van der Waals surface area contributed by atoms with Gasteiger partial charge in [-0.25, -0.2) is 4.99 Å². The molecule has 0 aliphatic heterocycles. The number of aliphatic imine (C=N–C) groups is 1. The number of nitrogens with one attached hydrogen (secondary N) is 2. The fourth-order valence-corrected chi connectivity index (χ4v) is 2.30. The third-order valence-corrected chi connectivity index (χ3v) is 3.49. The van der Waals surface area contributed by atoms with Crippen molar-refractivity contribution in [3.05, 3.63) is 75.8 Å². The van der Waals surface area contributed by atoms with Crippen LogP contribution in [0.4, 0.5) is 5.69 Å². The average molecular weight is 326 g/mol. The molecule has 0 aliphatic rings. The molecule has 126 valence electrons. The van der Waals surface area contributed by atoms with Crippen LogP contribution in [0.3, 0.4) is 0 Å². The highest BCUT2D eigenvalue weighted by Gasteiger charge is 2.11. The Hall–Kier alpha value is -2.89. The van der Waals surface area contributed by atoms with Crippen LogP contribution in [-0.4, -0.2) is 24.0 Å². The minimum absolute atomic E-state index is 0.0985. The summed E-state index contributed by atoms with van der Waals surface area (Å²) in [4.78, 5) is 15.1. The molecule has 0 bridgehead atoms. The molecular formula is C18H22N4O2. The van der Waals surface area contributed by atoms with E-state index in [2.05, 4.69) is 27.8 Å². The highest BCUT2D eigenvalue weighted by Crippen LogP contribution is 2.18. The van der Waals surface area contributed by atoms with Crippen LogP contribution < -0.4 is 10.6 Å². The molecule has 24 heavy (non-hydrogen) atoms. The van der Waals surface area contributed by atoms with Crippen LogP contribution in [0.1, 0.15) is 18.1 Å². The molecule has 2 rings (SSSR count). The molecule has 0 fully saturated rings. The van der Waals surface area contributed by atoms with Crippen LogP contribution in [0.2, 0.25) is 0 Å². The van der Waals surface area contributed by atoms with Crippen LogP contribution in [0, 0.1) is 10.1 Å². The molecule has 0 saturated carbocycles. The molecule has 0 aliphatic carbocycles. The van der Waals surface area contributed by atoms with Gasteiger partial charge in [0.05, 0.1) is 17.0 Å². The van der Waals surface area contributed by atoms with E-state index in [-0.39, 0.29) is 17.2 Å². The lowest BCUT2D eigenvalue weighted by Gasteiger charge is -2.11. The quantitative estimate of drug-likeness (QED) is 0.355. The molecule has 2 N–H and O–H groups in total. The van der Waals surface area contributed by atoms with Gasteiger partial charge in [0.25, 0.3) is 5.69 Å². The van der Waals surface area contributed by atoms with E-state index in [1.807, 2.05) is 25.1 Å². The van der Waals surface area contributed by atoms with Crippen molar-refractivity contribution in [2.75, 3.05) is 13.1 Å². The topological polar surface area (TPSA) is 79.6 Å². The van der Waals surface area contributed by atoms with E-state index in [1.165, 1.54) is 11.6 Å². The van der Waals surface area contributed by atoms with Crippen molar-refractivity contribution in [3.63, 3.8) is 0 Å². The van der Waals surface area contributed by atoms with Crippen LogP contribution in [0.15, 0.2) is 59.6 Å². The molecule has 6 heteroatoms. The predicted molar refractivity (Wildman–Crippen MR) is 96.1 cm³/mol. The largest absolute Gasteiger partial charge is 0.357 e. The Bertz CT molecular complexity index is 686. The van der Waals surface area contributed by atoms with Crippen LogP contribution in [0.25, 0.3) is 0 Å². The number of rotatable bonds is 7. The zero-order chi connectivity index (χ0) is 17.2. The first-order valence-electron chi connectivity index (χ1n) is 7.99. The van der Waals surface area contributed by atoms with Gasteiger partial charge in [-0.05, 0) is 18.9 Å². The lowest BCUT2D eigenvalue weighted by molar-refractivity contribution is -0.385. The molecule has 0 heterocycles. The number of benzene rings is 2. The highest BCUT2D eigenvalue weighted by atomic mass is 16.6. The van der Waals surface area contributed by atoms with Gasteiger partial charge in [0, 0.05) is 19.2 Å². The third-order valence-electron chi connectivity index (χ3n) is 3.49. The minimum Gasteiger partial charge on any atom is -0.357 e. The number of hydrogen-bond acceptors (Lipinski definition) is 3. The van der Waals surface area contributed by atoms with Gasteiger partial charge in [-0.1, -0.05) is 48.5 Å². The maximum absolute atomic E-state index is 11.0. The van der Waals surface area contributed by atoms with E-state index < -0.39 is 0 Å². The molecule has 0 radical (unpaired) electrons. The van der Waals surface area contributed by atoms with Crippen molar-refractivity contribution in [2.24, 2.45) is 4.99 Å². The molecule has 0 aromatic heterocycles. The summed E-state index contributed by atoms with van der Waals surface area (Å²) >= 11 is 0. The standard InChI is InChI=1S/C18H22N4O2/c1-2-19-18(20-13-12-15-8-4-3-5-9-15)21-14-16-10-6-7-11-17(16)22(23)24/h3-11H,2,12-14H2,1H3,(H2,19,20,21). The van der Waals surface area contributed by atoms with Crippen LogP contribution >= 0.6 is 0 Å². The first-order chi connectivity index (χ1) is 11.7. The first kappa shape index (κ1) is 17.5. The maximum Gasteiger partial charge on any atom is 0.274 e. The number of nitrogens with zero attached hydrogens (tertiary/aromatic N) is 2. The van der Waals surface area contributed by atoms with Gasteiger partial charge in [-0.3, -0.25) is 10.1 Å². The Balaban J connectivity index is 1.97. The molecule has 0 spiro atoms. The summed E-state index contributed by atoms with van der Waals surface area (Å²) in [6, 6.07) is 16.9. The Morgan fingerprint density at radius 2 is 1.79 bits per heavy atom. The fourth-order valence-electron chi connectivity index (χ4n) is 2.30. The van der Waals surface area contributed by atoms with E-state index in [9.17, 15) is 10.1 Å². The van der Waals surface area contributed by atoms with Crippen molar-refractivity contribution in [3.8, 4) is 0 Å². The zero-order valence-electron chi connectivity index (χ0n) is 13.7. The normalized spacial score (nSPS) is 11.1. The van der Waals surface area contributed by atoms with Gasteiger partial charge >= 0.3 is 0 Å². The number of nitro groups is 1. The second-order valence-electron chi connectivity index (χ2n) is 5.24. The summed E-state index contributed by atoms with van der Waals surface area (Å²) in [5, 5.41) is 17.5. The van der Waals surface area contributed by atoms with Crippen molar-refractivity contribution >= 4 is 11.6 Å². The van der Waals surface area contributed by atoms with Gasteiger partial charge in [-0.15, -0.1) is 0 Å². The Morgan fingerprint density at radius 1 is 1.08 bits per heavy atom. The minimum atomic E-state index is -0.374. The predicted octanol–water partition coefficient (Wildman–Crippen LogP) is 2.89. The molecule has 6 nitrogen and oxygen atoms in total. The van der Waals surface area contributed by atoms with Crippen molar-refractivity contribution < 1.29 is 4.92 Å². The summed E-state index contributed by atoms with van der Waals surface area (Å²) < 4.78 is 0. The fraction of sp³-hybridized carbons (Fsp3) is 0.278. The summed E-state index contributed by atoms with van der Waals surface area (Å²) in [5.74, 6) is 0.659. The number of nitro benzene ring substituents is 1. The summed E-state index contributed by atoms with van der Waals surface area (Å²) in [5.41, 5.74) is 1.95. The average Bonchev–Trinajstić information content (AvgIpc) is 2.60. The van der Waals surface area contributed by atoms with Crippen LogP contribution in [-0.2, 0) is 13.0 Å². The molecule has 0 amide bonds. The Kier molecular flexibility index (Phi) is 6.76. The number of hydrogen-bond donors (Lipinski definition) is 2. The Labute approximate surface area is 141 Å². The molecule has 0 atom stereocenters. The summed E-state index contributed by atoms with van der Waals surface area (Å²) in [6.07, 6.45) is 0.886. The monoisotopic (exact) mass is 326 g/mol. The second kappa shape index (κ2) is 9.29. The summed E-state index contributed by atoms with van der Waals surface area (Å²) in [6.45, 7) is 3.72. The smallest absolute Gasteiger partial charge is 0.274 e. The van der Waals surface area contributed by atoms with Crippen molar-refractivity contribution in [1.82, 2.24) is 10.6 Å². The molecule has 2 aromatic rings. The highest BCUT2D eigenvalue weighted by molar-refractivity contribution is 5.79. The SMILES string of the molecule is CCNC(=NCc1ccccc1[N+](=O)[O-])NCCc1ccccc1. The third kappa shape index (κ3) is 5.39. The van der Waals surface area contributed by atoms with Gasteiger partial charge in [0.15, 0.2) is 5.96 Å². The van der Waals surface area contributed by atoms with E-state index in [0.717, 1.165) is 19.5 Å². The van der Waals surface area contributed by atoms with Gasteiger partial charge in [0.2, 0.25) is 0 Å². The maximum atomic E-state index is 11.0. The molecular weight excluding hydrogens is 304 g/mol. The van der Waals surface area contributed by atoms with E-state index >= 15 is 0 Å². The summed E-state index contributed by atoms with van der Waals surface area (Å²) in [7, 11) is 0. The Morgan fingerprint density at radius 3 is 2.50 bits per heavy atom. The lowest BCUT2D eigenvalue weighted by atomic mass is 10.1. The van der Waals surface area contributed by atoms with Gasteiger partial charge in [0.1, 0.15) is 0 Å². The van der Waals surface area contributed by atoms with Gasteiger partial charge < -0.3 is 10.6 Å². The molecule has 0 saturated heterocycles. The number of para-hydroxylation sites is 1. The van der Waals surface area contributed by atoms with E-state index in [0.29, 0.717) is 11.5 Å². The second-order valence-corrected chi connectivity index (χ2v) is 5.24. The molecule has 0 unspecified atom stereocenters. The van der Waals surface area contributed by atoms with E-state index in [1.54, 1.807) is 18.2 Å². The van der Waals surface area contributed by atoms with Gasteiger partial charge in [-0.2, -0.15) is 0 Å². The van der Waals surface area contributed by atoms with Crippen molar-refractivity contribution in [1.29, 1.82) is 0 Å². The molecule has 2 aromatic carbocycles. The first-order valence-corrected chi connectivity index (χ1v) is 7.99. The lowest BCUT2D eigenvalue weighted by Crippen LogP contribution is -2.38. The zero-order valence-corrected chi connectivity index (χ0v) is 13.7. The number of guanidine groups is 1. The van der Waals surface area contributed by atoms with E-state index in [4.69, 9.17) is 0 Å².